The fraction of sp³-hybridized carbons (Fsp3) is 0.579. The van der Waals surface area contributed by atoms with Crippen LogP contribution in [-0.2, 0) is 19.6 Å². The quantitative estimate of drug-likeness (QED) is 0.790. The zero-order valence-corrected chi connectivity index (χ0v) is 17.3. The molecule has 27 heavy (non-hydrogen) atoms. The molecule has 1 saturated heterocycles. The Hall–Kier alpha value is -2.09. The van der Waals surface area contributed by atoms with Crippen LogP contribution < -0.4 is 10.0 Å². The lowest BCUT2D eigenvalue weighted by Gasteiger charge is -2.37. The van der Waals surface area contributed by atoms with Crippen molar-refractivity contribution in [3.8, 4) is 0 Å². The van der Waals surface area contributed by atoms with Gasteiger partial charge in [0.2, 0.25) is 21.8 Å². The van der Waals surface area contributed by atoms with Crippen molar-refractivity contribution in [1.82, 2.24) is 4.90 Å². The van der Waals surface area contributed by atoms with Gasteiger partial charge in [0.15, 0.2) is 0 Å². The number of anilines is 1. The van der Waals surface area contributed by atoms with E-state index < -0.39 is 16.1 Å². The molecule has 0 aromatic heterocycles. The molecule has 2 rings (SSSR count). The Morgan fingerprint density at radius 3 is 2.11 bits per heavy atom. The average molecular weight is 396 g/mol. The van der Waals surface area contributed by atoms with E-state index in [1.807, 2.05) is 19.9 Å². The summed E-state index contributed by atoms with van der Waals surface area (Å²) in [6, 6.07) is 4.71. The number of sulfonamides is 1. The zero-order chi connectivity index (χ0) is 20.4. The number of likely N-dealkylation sites (tertiary alicyclic amines) is 1. The van der Waals surface area contributed by atoms with E-state index in [2.05, 4.69) is 0 Å². The molecule has 7 nitrogen and oxygen atoms in total. The van der Waals surface area contributed by atoms with E-state index >= 15 is 0 Å². The van der Waals surface area contributed by atoms with Gasteiger partial charge in [-0.3, -0.25) is 13.9 Å². The molecular formula is C19H29N3O4S. The number of benzene rings is 1. The maximum atomic E-state index is 13.1. The highest BCUT2D eigenvalue weighted by Gasteiger charge is 2.36. The molecule has 0 aliphatic carbocycles. The van der Waals surface area contributed by atoms with Gasteiger partial charge in [0.25, 0.3) is 0 Å². The molecule has 150 valence electrons. The van der Waals surface area contributed by atoms with Crippen LogP contribution in [0.25, 0.3) is 0 Å². The Bertz CT molecular complexity index is 794. The molecule has 1 aliphatic rings. The standard InChI is InChI=1S/C19H29N3O4S/c1-5-17(19(24)21-8-6-15(7-9-21)18(20)23)22(27(4,25)26)16-11-13(2)10-14(3)12-16/h10-12,15,17H,5-9H2,1-4H3,(H2,20,23)/t17-/m0/s1. The van der Waals surface area contributed by atoms with E-state index in [0.717, 1.165) is 17.4 Å². The fourth-order valence-electron chi connectivity index (χ4n) is 3.72. The second-order valence-corrected chi connectivity index (χ2v) is 9.19. The van der Waals surface area contributed by atoms with E-state index in [0.29, 0.717) is 38.0 Å². The maximum Gasteiger partial charge on any atom is 0.246 e. The number of nitrogens with two attached hydrogens (primary N) is 1. The molecule has 2 N–H and O–H groups in total. The van der Waals surface area contributed by atoms with Crippen molar-refractivity contribution in [3.05, 3.63) is 29.3 Å². The van der Waals surface area contributed by atoms with Gasteiger partial charge in [0, 0.05) is 19.0 Å². The Balaban J connectivity index is 2.33. The number of carbonyl (C=O) groups excluding carboxylic acids is 2. The first kappa shape index (κ1) is 21.2. The van der Waals surface area contributed by atoms with Gasteiger partial charge in [-0.05, 0) is 56.4 Å². The minimum absolute atomic E-state index is 0.223. The van der Waals surface area contributed by atoms with Crippen LogP contribution in [0.3, 0.4) is 0 Å². The Morgan fingerprint density at radius 2 is 1.70 bits per heavy atom. The first-order chi connectivity index (χ1) is 12.5. The molecule has 0 unspecified atom stereocenters. The monoisotopic (exact) mass is 395 g/mol. The Kier molecular flexibility index (Phi) is 6.51. The summed E-state index contributed by atoms with van der Waals surface area (Å²) >= 11 is 0. The maximum absolute atomic E-state index is 13.1. The van der Waals surface area contributed by atoms with Crippen molar-refractivity contribution in [2.75, 3.05) is 23.7 Å². The van der Waals surface area contributed by atoms with Crippen molar-refractivity contribution >= 4 is 27.5 Å². The van der Waals surface area contributed by atoms with Crippen molar-refractivity contribution in [1.29, 1.82) is 0 Å². The summed E-state index contributed by atoms with van der Waals surface area (Å²) in [7, 11) is -3.66. The number of hydrogen-bond acceptors (Lipinski definition) is 4. The number of rotatable bonds is 6. The summed E-state index contributed by atoms with van der Waals surface area (Å²) in [5.41, 5.74) is 7.72. The first-order valence-electron chi connectivity index (χ1n) is 9.20. The topological polar surface area (TPSA) is 101 Å². The minimum Gasteiger partial charge on any atom is -0.369 e. The molecule has 0 saturated carbocycles. The molecule has 1 aromatic rings. The van der Waals surface area contributed by atoms with Crippen LogP contribution in [0, 0.1) is 19.8 Å². The Labute approximate surface area is 161 Å². The van der Waals surface area contributed by atoms with Crippen LogP contribution in [0.15, 0.2) is 18.2 Å². The number of hydrogen-bond donors (Lipinski definition) is 1. The highest BCUT2D eigenvalue weighted by molar-refractivity contribution is 7.92. The third kappa shape index (κ3) is 5.00. The number of amides is 2. The van der Waals surface area contributed by atoms with Gasteiger partial charge in [-0.25, -0.2) is 8.42 Å². The predicted molar refractivity (Wildman–Crippen MR) is 106 cm³/mol. The molecule has 0 bridgehead atoms. The second-order valence-electron chi connectivity index (χ2n) is 7.33. The number of carbonyl (C=O) groups is 2. The Morgan fingerprint density at radius 1 is 1.19 bits per heavy atom. The SMILES string of the molecule is CC[C@@H](C(=O)N1CCC(C(N)=O)CC1)N(c1cc(C)cc(C)c1)S(C)(=O)=O. The van der Waals surface area contributed by atoms with Crippen molar-refractivity contribution in [3.63, 3.8) is 0 Å². The summed E-state index contributed by atoms with van der Waals surface area (Å²) in [6.07, 6.45) is 2.51. The van der Waals surface area contributed by atoms with Gasteiger partial charge in [-0.1, -0.05) is 13.0 Å². The summed E-state index contributed by atoms with van der Waals surface area (Å²) < 4.78 is 26.4. The molecule has 1 heterocycles. The molecule has 0 radical (unpaired) electrons. The lowest BCUT2D eigenvalue weighted by Crippen LogP contribution is -2.53. The van der Waals surface area contributed by atoms with Crippen molar-refractivity contribution < 1.29 is 18.0 Å². The fourth-order valence-corrected chi connectivity index (χ4v) is 4.91. The van der Waals surface area contributed by atoms with Crippen LogP contribution >= 0.6 is 0 Å². The summed E-state index contributed by atoms with van der Waals surface area (Å²) in [5.74, 6) is -0.799. The number of aryl methyl sites for hydroxylation is 2. The molecule has 2 amide bonds. The molecule has 1 fully saturated rings. The van der Waals surface area contributed by atoms with Crippen molar-refractivity contribution in [2.45, 2.75) is 46.1 Å². The zero-order valence-electron chi connectivity index (χ0n) is 16.4. The first-order valence-corrected chi connectivity index (χ1v) is 11.0. The molecule has 0 spiro atoms. The molecule has 8 heteroatoms. The van der Waals surface area contributed by atoms with E-state index in [1.54, 1.807) is 24.0 Å². The van der Waals surface area contributed by atoms with Gasteiger partial charge in [0.1, 0.15) is 6.04 Å². The average Bonchev–Trinajstić information content (AvgIpc) is 2.56. The molecule has 1 aromatic carbocycles. The normalized spacial score (nSPS) is 16.8. The predicted octanol–water partition coefficient (Wildman–Crippen LogP) is 1.57. The van der Waals surface area contributed by atoms with Crippen LogP contribution in [0.5, 0.6) is 0 Å². The minimum atomic E-state index is -3.66. The summed E-state index contributed by atoms with van der Waals surface area (Å²) in [4.78, 5) is 26.1. The third-order valence-corrected chi connectivity index (χ3v) is 6.16. The second kappa shape index (κ2) is 8.29. The van der Waals surface area contributed by atoms with Crippen LogP contribution in [0.2, 0.25) is 0 Å². The number of nitrogens with zero attached hydrogens (tertiary/aromatic N) is 2. The summed E-state index contributed by atoms with van der Waals surface area (Å²) in [6.45, 7) is 6.42. The lowest BCUT2D eigenvalue weighted by atomic mass is 9.95. The van der Waals surface area contributed by atoms with E-state index in [1.165, 1.54) is 4.31 Å². The smallest absolute Gasteiger partial charge is 0.246 e. The molecule has 1 aliphatic heterocycles. The highest BCUT2D eigenvalue weighted by Crippen LogP contribution is 2.27. The van der Waals surface area contributed by atoms with E-state index in [-0.39, 0.29) is 17.7 Å². The lowest BCUT2D eigenvalue weighted by molar-refractivity contribution is -0.135. The number of primary amides is 1. The highest BCUT2D eigenvalue weighted by atomic mass is 32.2. The third-order valence-electron chi connectivity index (χ3n) is 4.98. The summed E-state index contributed by atoms with van der Waals surface area (Å²) in [5, 5.41) is 0. The van der Waals surface area contributed by atoms with Crippen molar-refractivity contribution in [2.24, 2.45) is 11.7 Å². The van der Waals surface area contributed by atoms with Crippen LogP contribution in [-0.4, -0.2) is 50.5 Å². The van der Waals surface area contributed by atoms with Gasteiger partial charge in [-0.15, -0.1) is 0 Å². The van der Waals surface area contributed by atoms with Gasteiger partial charge in [0.05, 0.1) is 11.9 Å². The van der Waals surface area contributed by atoms with Gasteiger partial charge >= 0.3 is 0 Å². The van der Waals surface area contributed by atoms with Gasteiger partial charge in [-0.2, -0.15) is 0 Å². The van der Waals surface area contributed by atoms with Crippen LogP contribution in [0.1, 0.15) is 37.3 Å². The largest absolute Gasteiger partial charge is 0.369 e. The van der Waals surface area contributed by atoms with Crippen LogP contribution in [0.4, 0.5) is 5.69 Å². The van der Waals surface area contributed by atoms with Gasteiger partial charge < -0.3 is 10.6 Å². The van der Waals surface area contributed by atoms with E-state index in [4.69, 9.17) is 5.73 Å². The molecular weight excluding hydrogens is 366 g/mol. The van der Waals surface area contributed by atoms with E-state index in [9.17, 15) is 18.0 Å². The number of piperidine rings is 1. The molecule has 1 atom stereocenters.